The average molecular weight is 541 g/mol. The van der Waals surface area contributed by atoms with Crippen LogP contribution in [0.3, 0.4) is 0 Å². The van der Waals surface area contributed by atoms with Gasteiger partial charge >= 0.3 is 0 Å². The first kappa shape index (κ1) is 27.9. The normalized spacial score (nSPS) is 22.8. The molecule has 0 heterocycles. The summed E-state index contributed by atoms with van der Waals surface area (Å²) in [5.41, 5.74) is 3.41. The van der Waals surface area contributed by atoms with Crippen LogP contribution >= 0.6 is 11.8 Å². The highest BCUT2D eigenvalue weighted by Crippen LogP contribution is 2.33. The van der Waals surface area contributed by atoms with E-state index in [2.05, 4.69) is 30.5 Å². The molecule has 3 aromatic carbocycles. The number of hydrogen-bond donors (Lipinski definition) is 0. The molecule has 0 spiro atoms. The first-order valence-corrected chi connectivity index (χ1v) is 15.4. The van der Waals surface area contributed by atoms with Gasteiger partial charge in [0.05, 0.1) is 36.4 Å². The van der Waals surface area contributed by atoms with Crippen LogP contribution in [0.15, 0.2) is 89.8 Å². The molecule has 2 saturated carbocycles. The molecule has 3 aromatic rings. The van der Waals surface area contributed by atoms with Crippen LogP contribution in [0.1, 0.15) is 42.4 Å². The van der Waals surface area contributed by atoms with Crippen molar-refractivity contribution in [3.8, 4) is 0 Å². The van der Waals surface area contributed by atoms with Crippen molar-refractivity contribution < 1.29 is 22.1 Å². The van der Waals surface area contributed by atoms with Gasteiger partial charge < -0.3 is 9.47 Å². The molecule has 198 valence electrons. The third-order valence-electron chi connectivity index (χ3n) is 6.67. The second-order valence-corrected chi connectivity index (χ2v) is 12.3. The molecule has 0 atom stereocenters. The predicted octanol–water partition coefficient (Wildman–Crippen LogP) is 6.55. The second kappa shape index (κ2) is 13.6. The summed E-state index contributed by atoms with van der Waals surface area (Å²) in [5, 5.41) is 0.843. The molecular formula is C30H36O5S2. The van der Waals surface area contributed by atoms with Gasteiger partial charge in [-0.15, -0.1) is 0 Å². The van der Waals surface area contributed by atoms with Crippen LogP contribution in [-0.2, 0) is 37.0 Å². The number of benzene rings is 3. The molecule has 0 saturated heterocycles. The topological polar surface area (TPSA) is 61.8 Å². The largest absolute Gasteiger partial charge is 0.373 e. The lowest BCUT2D eigenvalue weighted by atomic mass is 9.92. The Balaban J connectivity index is 0.000000195. The maximum Gasteiger partial charge on any atom is 0.297 e. The molecule has 5 rings (SSSR count). The van der Waals surface area contributed by atoms with E-state index < -0.39 is 10.1 Å². The van der Waals surface area contributed by atoms with E-state index in [1.807, 2.05) is 55.1 Å². The molecule has 0 unspecified atom stereocenters. The highest BCUT2D eigenvalue weighted by Gasteiger charge is 2.35. The highest BCUT2D eigenvalue weighted by molar-refractivity contribution is 7.99. The van der Waals surface area contributed by atoms with Crippen LogP contribution in [0.4, 0.5) is 0 Å². The van der Waals surface area contributed by atoms with Gasteiger partial charge in [0, 0.05) is 18.1 Å². The third kappa shape index (κ3) is 8.69. The Labute approximate surface area is 225 Å². The van der Waals surface area contributed by atoms with Crippen molar-refractivity contribution in [2.24, 2.45) is 0 Å². The monoisotopic (exact) mass is 540 g/mol. The van der Waals surface area contributed by atoms with E-state index in [0.717, 1.165) is 23.0 Å². The fourth-order valence-electron chi connectivity index (χ4n) is 4.09. The fraction of sp³-hybridized carbons (Fsp3) is 0.400. The Hall–Kier alpha value is -2.16. The molecule has 0 aromatic heterocycles. The van der Waals surface area contributed by atoms with Crippen LogP contribution in [0, 0.1) is 6.92 Å². The van der Waals surface area contributed by atoms with E-state index in [4.69, 9.17) is 13.7 Å². The Bertz CT molecular complexity index is 1170. The molecule has 0 bridgehead atoms. The van der Waals surface area contributed by atoms with Crippen LogP contribution in [0.2, 0.25) is 0 Å². The molecule has 2 fully saturated rings. The molecule has 2 aliphatic rings. The second-order valence-electron chi connectivity index (χ2n) is 9.62. The zero-order valence-electron chi connectivity index (χ0n) is 21.5. The average Bonchev–Trinajstić information content (AvgIpc) is 2.86. The third-order valence-corrected chi connectivity index (χ3v) is 9.09. The first-order chi connectivity index (χ1) is 17.9. The molecule has 0 aliphatic heterocycles. The Kier molecular flexibility index (Phi) is 10.2. The summed E-state index contributed by atoms with van der Waals surface area (Å²) < 4.78 is 41.2. The summed E-state index contributed by atoms with van der Waals surface area (Å²) in [6, 6.07) is 27.0. The van der Waals surface area contributed by atoms with Gasteiger partial charge in [-0.3, -0.25) is 4.18 Å². The summed E-state index contributed by atoms with van der Waals surface area (Å²) >= 11 is 1.96. The van der Waals surface area contributed by atoms with E-state index >= 15 is 0 Å². The maximum absolute atomic E-state index is 12.2. The number of hydrogen-bond acceptors (Lipinski definition) is 6. The Morgan fingerprint density at radius 2 is 1.19 bits per heavy atom. The summed E-state index contributed by atoms with van der Waals surface area (Å²) in [5.74, 6) is 0. The van der Waals surface area contributed by atoms with Crippen LogP contribution in [0.25, 0.3) is 0 Å². The molecule has 0 radical (unpaired) electrons. The molecule has 0 N–H and O–H groups in total. The Morgan fingerprint density at radius 1 is 0.703 bits per heavy atom. The van der Waals surface area contributed by atoms with Gasteiger partial charge in [-0.2, -0.15) is 20.2 Å². The quantitative estimate of drug-likeness (QED) is 0.272. The van der Waals surface area contributed by atoms with Crippen molar-refractivity contribution >= 4 is 21.9 Å². The smallest absolute Gasteiger partial charge is 0.297 e. The molecule has 2 aliphatic carbocycles. The maximum atomic E-state index is 12.2. The lowest BCUT2D eigenvalue weighted by molar-refractivity contribution is -0.0664. The van der Waals surface area contributed by atoms with Crippen molar-refractivity contribution in [3.63, 3.8) is 0 Å². The fourth-order valence-corrected chi connectivity index (χ4v) is 6.00. The van der Waals surface area contributed by atoms with Crippen LogP contribution < -0.4 is 0 Å². The summed E-state index contributed by atoms with van der Waals surface area (Å²) in [6.45, 7) is 3.23. The molecule has 7 heteroatoms. The number of rotatable bonds is 10. The van der Waals surface area contributed by atoms with Crippen molar-refractivity contribution in [3.05, 3.63) is 102 Å². The van der Waals surface area contributed by atoms with E-state index in [1.54, 1.807) is 24.3 Å². The number of ether oxygens (including phenoxy) is 2. The summed E-state index contributed by atoms with van der Waals surface area (Å²) in [6.07, 6.45) is 6.14. The summed E-state index contributed by atoms with van der Waals surface area (Å²) in [4.78, 5) is 0.205. The van der Waals surface area contributed by atoms with E-state index in [0.29, 0.717) is 25.6 Å². The molecule has 0 amide bonds. The van der Waals surface area contributed by atoms with Gasteiger partial charge in [-0.05, 0) is 49.3 Å². The van der Waals surface area contributed by atoms with Gasteiger partial charge in [0.25, 0.3) is 10.1 Å². The van der Waals surface area contributed by atoms with E-state index in [1.165, 1.54) is 18.4 Å². The minimum atomic E-state index is -3.68. The van der Waals surface area contributed by atoms with Gasteiger partial charge in [0.15, 0.2) is 0 Å². The lowest BCUT2D eigenvalue weighted by Gasteiger charge is -2.34. The number of aryl methyl sites for hydroxylation is 1. The van der Waals surface area contributed by atoms with Gasteiger partial charge in [0.2, 0.25) is 0 Å². The minimum absolute atomic E-state index is 0.0634. The number of thioether (sulfide) groups is 1. The van der Waals surface area contributed by atoms with Crippen molar-refractivity contribution in [1.82, 2.24) is 0 Å². The van der Waals surface area contributed by atoms with Gasteiger partial charge in [0.1, 0.15) is 0 Å². The first-order valence-electron chi connectivity index (χ1n) is 12.7. The zero-order chi connectivity index (χ0) is 26.1. The Morgan fingerprint density at radius 3 is 1.68 bits per heavy atom. The van der Waals surface area contributed by atoms with Crippen LogP contribution in [0.5, 0.6) is 0 Å². The zero-order valence-corrected chi connectivity index (χ0v) is 23.1. The standard InChI is InChI=1S/C18H20O4S.C12H16OS/c1-14-7-9-18(10-8-14)23(19,20)22-17-11-16(12-17)21-13-15-5-3-2-4-6-15;1-14-12-7-11(8-12)13-9-10-5-3-2-4-6-10/h2-10,16-17H,11-13H2,1H3;2-6,11-12H,7-9H2,1H3. The van der Waals surface area contributed by atoms with Crippen molar-refractivity contribution in [1.29, 1.82) is 0 Å². The van der Waals surface area contributed by atoms with Crippen molar-refractivity contribution in [2.75, 3.05) is 6.26 Å². The van der Waals surface area contributed by atoms with Gasteiger partial charge in [-0.25, -0.2) is 0 Å². The molecule has 37 heavy (non-hydrogen) atoms. The molecule has 5 nitrogen and oxygen atoms in total. The predicted molar refractivity (Wildman–Crippen MR) is 149 cm³/mol. The summed E-state index contributed by atoms with van der Waals surface area (Å²) in [7, 11) is -3.68. The van der Waals surface area contributed by atoms with E-state index in [-0.39, 0.29) is 17.1 Å². The molecular weight excluding hydrogens is 504 g/mol. The lowest BCUT2D eigenvalue weighted by Crippen LogP contribution is -2.38. The van der Waals surface area contributed by atoms with E-state index in [9.17, 15) is 8.42 Å². The van der Waals surface area contributed by atoms with Crippen LogP contribution in [-0.4, -0.2) is 38.2 Å². The van der Waals surface area contributed by atoms with Gasteiger partial charge in [-0.1, -0.05) is 78.4 Å². The minimum Gasteiger partial charge on any atom is -0.373 e. The SMILES string of the molecule is CSC1CC(OCc2ccccc2)C1.Cc1ccc(S(=O)(=O)OC2CC(OCc3ccccc3)C2)cc1. The highest BCUT2D eigenvalue weighted by atomic mass is 32.2. The van der Waals surface area contributed by atoms with Crippen molar-refractivity contribution in [2.45, 2.75) is 74.3 Å².